The zero-order chi connectivity index (χ0) is 25.7. The van der Waals surface area contributed by atoms with Gasteiger partial charge in [0.05, 0.1) is 0 Å². The molecule has 0 fully saturated rings. The number of imide groups is 1. The number of imidazole rings is 1. The minimum atomic E-state index is -1.13. The Labute approximate surface area is 205 Å². The highest BCUT2D eigenvalue weighted by molar-refractivity contribution is 7.14. The van der Waals surface area contributed by atoms with Crippen molar-refractivity contribution in [2.75, 3.05) is 4.90 Å². The van der Waals surface area contributed by atoms with Crippen LogP contribution in [-0.2, 0) is 0 Å². The van der Waals surface area contributed by atoms with Crippen LogP contribution >= 0.6 is 11.3 Å². The minimum Gasteiger partial charge on any atom is -0.358 e. The average Bonchev–Trinajstić information content (AvgIpc) is 3.53. The molecular weight excluding hydrogens is 506 g/mol. The summed E-state index contributed by atoms with van der Waals surface area (Å²) in [5.41, 5.74) is -0.952. The Balaban J connectivity index is 1.62. The summed E-state index contributed by atoms with van der Waals surface area (Å²) in [6.45, 7) is 0. The summed E-state index contributed by atoms with van der Waals surface area (Å²) in [5.74, 6) is -3.34. The van der Waals surface area contributed by atoms with Crippen LogP contribution in [0, 0.1) is 20.2 Å². The van der Waals surface area contributed by atoms with Gasteiger partial charge >= 0.3 is 22.9 Å². The molecule has 6 aromatic rings. The van der Waals surface area contributed by atoms with Crippen LogP contribution in [-0.4, -0.2) is 41.0 Å². The van der Waals surface area contributed by atoms with Crippen molar-refractivity contribution in [3.8, 4) is 0 Å². The number of pyridine rings is 1. The molecule has 0 radical (unpaired) electrons. The molecule has 2 aromatic carbocycles. The highest BCUT2D eigenvalue weighted by Gasteiger charge is 2.38. The molecule has 0 spiro atoms. The predicted octanol–water partition coefficient (Wildman–Crippen LogP) is 3.06. The molecule has 14 nitrogen and oxygen atoms in total. The second-order valence-electron chi connectivity index (χ2n) is 8.08. The molecule has 0 bridgehead atoms. The lowest BCUT2D eigenvalue weighted by Crippen LogP contribution is -2.40. The van der Waals surface area contributed by atoms with Gasteiger partial charge in [-0.3, -0.25) is 14.4 Å². The number of nitrogens with zero attached hydrogens (tertiary/aromatic N) is 7. The molecule has 0 unspecified atom stereocenters. The Kier molecular flexibility index (Phi) is 3.85. The summed E-state index contributed by atoms with van der Waals surface area (Å²) in [6.07, 6.45) is 0. The topological polar surface area (TPSA) is 184 Å². The Bertz CT molecular complexity index is 2100. The van der Waals surface area contributed by atoms with Crippen LogP contribution < -0.4 is 10.5 Å². The molecule has 7 rings (SSSR count). The van der Waals surface area contributed by atoms with Gasteiger partial charge in [0.1, 0.15) is 5.00 Å². The number of thiophene rings is 1. The van der Waals surface area contributed by atoms with Gasteiger partial charge in [-0.25, -0.2) is 9.30 Å². The molecule has 15 heteroatoms. The fourth-order valence-electron chi connectivity index (χ4n) is 4.76. The molecule has 1 aliphatic rings. The van der Waals surface area contributed by atoms with E-state index in [1.54, 1.807) is 17.5 Å². The van der Waals surface area contributed by atoms with Crippen LogP contribution in [0.5, 0.6) is 0 Å². The third-order valence-corrected chi connectivity index (χ3v) is 7.09. The number of hydrogen-bond donors (Lipinski definition) is 0. The third kappa shape index (κ3) is 2.51. The first kappa shape index (κ1) is 20.9. The number of anilines is 1. The van der Waals surface area contributed by atoms with Crippen molar-refractivity contribution in [3.05, 3.63) is 83.5 Å². The molecule has 0 aliphatic carbocycles. The van der Waals surface area contributed by atoms with Crippen molar-refractivity contribution in [2.45, 2.75) is 0 Å². The lowest BCUT2D eigenvalue weighted by Gasteiger charge is -2.26. The highest BCUT2D eigenvalue weighted by Crippen LogP contribution is 2.39. The highest BCUT2D eigenvalue weighted by atomic mass is 32.1. The molecule has 0 saturated carbocycles. The Morgan fingerprint density at radius 1 is 0.757 bits per heavy atom. The van der Waals surface area contributed by atoms with E-state index in [2.05, 4.69) is 15.0 Å². The van der Waals surface area contributed by atoms with E-state index in [4.69, 9.17) is 0 Å². The van der Waals surface area contributed by atoms with E-state index in [1.165, 1.54) is 35.6 Å². The van der Waals surface area contributed by atoms with E-state index in [9.17, 15) is 34.6 Å². The molecule has 4 aromatic heterocycles. The molecule has 0 atom stereocenters. The van der Waals surface area contributed by atoms with Gasteiger partial charge in [-0.2, -0.15) is 4.98 Å². The van der Waals surface area contributed by atoms with Gasteiger partial charge < -0.3 is 20.2 Å². The number of rotatable bonds is 3. The molecule has 1 aliphatic heterocycles. The van der Waals surface area contributed by atoms with E-state index in [0.717, 1.165) is 9.30 Å². The van der Waals surface area contributed by atoms with Crippen molar-refractivity contribution in [1.29, 1.82) is 0 Å². The van der Waals surface area contributed by atoms with Crippen LogP contribution in [0.2, 0.25) is 0 Å². The first-order valence-corrected chi connectivity index (χ1v) is 11.3. The number of aromatic nitrogens is 4. The number of nitro groups is 2. The first-order valence-electron chi connectivity index (χ1n) is 10.4. The van der Waals surface area contributed by atoms with E-state index in [-0.39, 0.29) is 38.8 Å². The quantitative estimate of drug-likeness (QED) is 0.193. The van der Waals surface area contributed by atoms with E-state index >= 15 is 0 Å². The number of fused-ring (bicyclic) bond motifs is 4. The van der Waals surface area contributed by atoms with Crippen LogP contribution in [0.4, 0.5) is 16.6 Å². The molecule has 178 valence electrons. The maximum atomic E-state index is 13.6. The van der Waals surface area contributed by atoms with E-state index in [0.29, 0.717) is 15.8 Å². The van der Waals surface area contributed by atoms with Crippen LogP contribution in [0.25, 0.3) is 38.5 Å². The number of amides is 2. The molecule has 5 heterocycles. The van der Waals surface area contributed by atoms with Gasteiger partial charge in [-0.1, -0.05) is 0 Å². The summed E-state index contributed by atoms with van der Waals surface area (Å²) in [4.78, 5) is 73.7. The molecule has 37 heavy (non-hydrogen) atoms. The molecule has 0 N–H and O–H groups in total. The number of benzene rings is 2. The third-order valence-electron chi connectivity index (χ3n) is 6.23. The smallest absolute Gasteiger partial charge is 0.358 e. The van der Waals surface area contributed by atoms with Crippen molar-refractivity contribution in [3.63, 3.8) is 0 Å². The summed E-state index contributed by atoms with van der Waals surface area (Å²) >= 11 is 1.23. The number of carbonyl (C=O) groups is 2. The van der Waals surface area contributed by atoms with Crippen molar-refractivity contribution in [1.82, 2.24) is 19.4 Å². The van der Waals surface area contributed by atoms with Crippen molar-refractivity contribution >= 4 is 78.3 Å². The average molecular weight is 513 g/mol. The second kappa shape index (κ2) is 6.82. The number of hydrogen-bond acceptors (Lipinski definition) is 11. The van der Waals surface area contributed by atoms with Crippen molar-refractivity contribution < 1.29 is 19.4 Å². The maximum absolute atomic E-state index is 13.6. The van der Waals surface area contributed by atoms with Crippen LogP contribution in [0.1, 0.15) is 20.7 Å². The summed E-state index contributed by atoms with van der Waals surface area (Å²) in [5, 5.41) is 25.9. The standard InChI is InChI=1S/C22H7N7O7S/c30-20-10-4-3-8-13-9(5-6-11(14(10)13)21(31)26(20)12-2-1-7-37-12)22(32)27-16(8)23-15-17(27)25-19(29(35)36)18(24-15)28(33)34/h1-7H. The van der Waals surface area contributed by atoms with E-state index < -0.39 is 38.9 Å². The Morgan fingerprint density at radius 3 is 2.03 bits per heavy atom. The van der Waals surface area contributed by atoms with Gasteiger partial charge in [0.25, 0.3) is 17.4 Å². The Morgan fingerprint density at radius 2 is 1.41 bits per heavy atom. The molecule has 0 saturated heterocycles. The summed E-state index contributed by atoms with van der Waals surface area (Å²) < 4.78 is 0.989. The van der Waals surface area contributed by atoms with Crippen LogP contribution in [0.15, 0.2) is 46.6 Å². The Hall–Kier alpha value is -5.44. The van der Waals surface area contributed by atoms with Gasteiger partial charge in [0, 0.05) is 32.7 Å². The van der Waals surface area contributed by atoms with Gasteiger partial charge in [-0.15, -0.1) is 11.3 Å². The monoisotopic (exact) mass is 513 g/mol. The lowest BCUT2D eigenvalue weighted by molar-refractivity contribution is -0.428. The van der Waals surface area contributed by atoms with E-state index in [1.807, 2.05) is 0 Å². The van der Waals surface area contributed by atoms with Gasteiger partial charge in [0.2, 0.25) is 0 Å². The maximum Gasteiger partial charge on any atom is 0.465 e. The lowest BCUT2D eigenvalue weighted by atomic mass is 9.90. The second-order valence-corrected chi connectivity index (χ2v) is 9.00. The first-order chi connectivity index (χ1) is 17.8. The summed E-state index contributed by atoms with van der Waals surface area (Å²) in [7, 11) is 0. The zero-order valence-electron chi connectivity index (χ0n) is 17.9. The molecule has 2 amide bonds. The van der Waals surface area contributed by atoms with Crippen molar-refractivity contribution in [2.24, 2.45) is 0 Å². The number of carbonyl (C=O) groups excluding carboxylic acids is 2. The fraction of sp³-hybridized carbons (Fsp3) is 0. The zero-order valence-corrected chi connectivity index (χ0v) is 18.8. The van der Waals surface area contributed by atoms with Gasteiger partial charge in [0.15, 0.2) is 5.65 Å². The largest absolute Gasteiger partial charge is 0.465 e. The van der Waals surface area contributed by atoms with Crippen LogP contribution in [0.3, 0.4) is 0 Å². The summed E-state index contributed by atoms with van der Waals surface area (Å²) in [6, 6.07) is 9.29. The normalized spacial score (nSPS) is 13.5. The SMILES string of the molecule is O=C1c2ccc3c(=O)n4c5nc([N+](=O)[O-])c([N+](=O)[O-])nc5nc4c4ccc(c2c34)C(=O)N1c1cccs1. The minimum absolute atomic E-state index is 0.0217. The fourth-order valence-corrected chi connectivity index (χ4v) is 5.49. The van der Waals surface area contributed by atoms with Gasteiger partial charge in [-0.05, 0) is 61.6 Å². The predicted molar refractivity (Wildman–Crippen MR) is 130 cm³/mol. The molecular formula is C22H7N7O7S.